The second-order valence-corrected chi connectivity index (χ2v) is 4.67. The van der Waals surface area contributed by atoms with Crippen LogP contribution in [0.3, 0.4) is 0 Å². The average Bonchev–Trinajstić information content (AvgIpc) is 3.04. The lowest BCUT2D eigenvalue weighted by molar-refractivity contribution is -0.120. The Bertz CT molecular complexity index is 789. The van der Waals surface area contributed by atoms with Crippen molar-refractivity contribution < 1.29 is 13.6 Å². The lowest BCUT2D eigenvalue weighted by Gasteiger charge is -2.03. The van der Waals surface area contributed by atoms with Crippen molar-refractivity contribution in [3.8, 4) is 11.6 Å². The van der Waals surface area contributed by atoms with Crippen molar-refractivity contribution >= 4 is 5.91 Å². The Morgan fingerprint density at radius 2 is 2.00 bits per heavy atom. The summed E-state index contributed by atoms with van der Waals surface area (Å²) in [7, 11) is 0. The molecule has 2 heterocycles. The minimum atomic E-state index is -0.317. The van der Waals surface area contributed by atoms with Crippen LogP contribution in [0.25, 0.3) is 11.6 Å². The zero-order valence-corrected chi connectivity index (χ0v) is 11.9. The summed E-state index contributed by atoms with van der Waals surface area (Å²) in [5.41, 5.74) is 1.24. The van der Waals surface area contributed by atoms with E-state index in [4.69, 9.17) is 4.42 Å². The van der Waals surface area contributed by atoms with Gasteiger partial charge in [0.2, 0.25) is 11.8 Å². The third-order valence-corrected chi connectivity index (χ3v) is 2.96. The van der Waals surface area contributed by atoms with Gasteiger partial charge in [0.05, 0.1) is 6.20 Å². The molecule has 3 rings (SSSR count). The molecule has 0 saturated carbocycles. The molecule has 0 saturated heterocycles. The fraction of sp³-hybridized carbons (Fsp3) is 0.133. The Kier molecular flexibility index (Phi) is 4.32. The molecule has 2 aromatic heterocycles. The Morgan fingerprint density at radius 3 is 2.74 bits per heavy atom. The number of nitrogens with one attached hydrogen (secondary N) is 1. The number of rotatable bonds is 5. The molecule has 0 radical (unpaired) electrons. The van der Waals surface area contributed by atoms with E-state index in [1.54, 1.807) is 12.1 Å². The number of amides is 1. The minimum Gasteiger partial charge on any atom is -0.419 e. The monoisotopic (exact) mass is 313 g/mol. The quantitative estimate of drug-likeness (QED) is 0.767. The Morgan fingerprint density at radius 1 is 1.17 bits per heavy atom. The smallest absolute Gasteiger partial charge is 0.267 e. The predicted molar refractivity (Wildman–Crippen MR) is 77.3 cm³/mol. The van der Waals surface area contributed by atoms with Crippen molar-refractivity contribution in [1.82, 2.24) is 25.5 Å². The Labute approximate surface area is 130 Å². The molecule has 3 aromatic rings. The molecule has 8 heteroatoms. The first-order valence-corrected chi connectivity index (χ1v) is 6.80. The van der Waals surface area contributed by atoms with E-state index in [-0.39, 0.29) is 29.9 Å². The van der Waals surface area contributed by atoms with Gasteiger partial charge in [-0.05, 0) is 17.7 Å². The van der Waals surface area contributed by atoms with Crippen LogP contribution >= 0.6 is 0 Å². The van der Waals surface area contributed by atoms with E-state index in [0.717, 1.165) is 5.56 Å². The molecule has 0 aliphatic heterocycles. The summed E-state index contributed by atoms with van der Waals surface area (Å²) in [5, 5.41) is 10.3. The predicted octanol–water partition coefficient (Wildman–Crippen LogP) is 1.52. The van der Waals surface area contributed by atoms with Crippen molar-refractivity contribution in [2.24, 2.45) is 0 Å². The topological polar surface area (TPSA) is 93.8 Å². The summed E-state index contributed by atoms with van der Waals surface area (Å²) in [6.45, 7) is 0.296. The van der Waals surface area contributed by atoms with E-state index in [0.29, 0.717) is 12.2 Å². The summed E-state index contributed by atoms with van der Waals surface area (Å²) in [5.74, 6) is -0.201. The SMILES string of the molecule is O=C(Cc1nnc(-c2cnccn2)o1)NCc1ccc(F)cc1. The first-order chi connectivity index (χ1) is 11.2. The zero-order chi connectivity index (χ0) is 16.1. The van der Waals surface area contributed by atoms with Crippen molar-refractivity contribution in [3.05, 3.63) is 60.1 Å². The molecule has 0 bridgehead atoms. The molecule has 0 aliphatic carbocycles. The number of carbonyl (C=O) groups is 1. The summed E-state index contributed by atoms with van der Waals surface area (Å²) >= 11 is 0. The molecule has 0 spiro atoms. The molecular weight excluding hydrogens is 301 g/mol. The lowest BCUT2D eigenvalue weighted by atomic mass is 10.2. The van der Waals surface area contributed by atoms with Gasteiger partial charge in [-0.1, -0.05) is 12.1 Å². The highest BCUT2D eigenvalue weighted by Gasteiger charge is 2.13. The maximum absolute atomic E-state index is 12.8. The molecule has 1 aromatic carbocycles. The van der Waals surface area contributed by atoms with Crippen LogP contribution in [-0.4, -0.2) is 26.1 Å². The number of hydrogen-bond acceptors (Lipinski definition) is 6. The molecule has 0 fully saturated rings. The van der Waals surface area contributed by atoms with Gasteiger partial charge in [-0.25, -0.2) is 9.37 Å². The van der Waals surface area contributed by atoms with Gasteiger partial charge in [0.1, 0.15) is 17.9 Å². The van der Waals surface area contributed by atoms with Crippen molar-refractivity contribution in [3.63, 3.8) is 0 Å². The minimum absolute atomic E-state index is 0.0472. The van der Waals surface area contributed by atoms with Crippen LogP contribution in [0.2, 0.25) is 0 Å². The van der Waals surface area contributed by atoms with E-state index < -0.39 is 0 Å². The number of hydrogen-bond donors (Lipinski definition) is 1. The zero-order valence-electron chi connectivity index (χ0n) is 11.9. The van der Waals surface area contributed by atoms with Gasteiger partial charge in [-0.15, -0.1) is 10.2 Å². The van der Waals surface area contributed by atoms with Crippen LogP contribution in [0.4, 0.5) is 4.39 Å². The maximum Gasteiger partial charge on any atom is 0.267 e. The highest BCUT2D eigenvalue weighted by atomic mass is 19.1. The van der Waals surface area contributed by atoms with E-state index in [1.165, 1.54) is 30.7 Å². The number of halogens is 1. The number of nitrogens with zero attached hydrogens (tertiary/aromatic N) is 4. The van der Waals surface area contributed by atoms with Gasteiger partial charge in [0.25, 0.3) is 5.89 Å². The Hall–Kier alpha value is -3.16. The van der Waals surface area contributed by atoms with Crippen LogP contribution in [-0.2, 0) is 17.8 Å². The summed E-state index contributed by atoms with van der Waals surface area (Å²) in [4.78, 5) is 19.8. The molecule has 1 N–H and O–H groups in total. The van der Waals surface area contributed by atoms with E-state index in [1.807, 2.05) is 0 Å². The average molecular weight is 313 g/mol. The van der Waals surface area contributed by atoms with E-state index in [9.17, 15) is 9.18 Å². The Balaban J connectivity index is 1.56. The fourth-order valence-corrected chi connectivity index (χ4v) is 1.84. The first kappa shape index (κ1) is 14.8. The third-order valence-electron chi connectivity index (χ3n) is 2.96. The highest BCUT2D eigenvalue weighted by Crippen LogP contribution is 2.13. The van der Waals surface area contributed by atoms with Gasteiger partial charge in [-0.3, -0.25) is 9.78 Å². The highest BCUT2D eigenvalue weighted by molar-refractivity contribution is 5.77. The van der Waals surface area contributed by atoms with Crippen LogP contribution in [0.5, 0.6) is 0 Å². The molecular formula is C15H12FN5O2. The number of carbonyl (C=O) groups excluding carboxylic acids is 1. The van der Waals surface area contributed by atoms with Crippen LogP contribution in [0.1, 0.15) is 11.5 Å². The lowest BCUT2D eigenvalue weighted by Crippen LogP contribution is -2.24. The normalized spacial score (nSPS) is 10.5. The summed E-state index contributed by atoms with van der Waals surface area (Å²) in [6, 6.07) is 5.89. The summed E-state index contributed by atoms with van der Waals surface area (Å²) < 4.78 is 18.2. The van der Waals surface area contributed by atoms with Crippen LogP contribution in [0, 0.1) is 5.82 Å². The second-order valence-electron chi connectivity index (χ2n) is 4.67. The van der Waals surface area contributed by atoms with Gasteiger partial charge >= 0.3 is 0 Å². The van der Waals surface area contributed by atoms with Gasteiger partial charge in [0.15, 0.2) is 0 Å². The summed E-state index contributed by atoms with van der Waals surface area (Å²) in [6.07, 6.45) is 4.48. The first-order valence-electron chi connectivity index (χ1n) is 6.80. The van der Waals surface area contributed by atoms with Gasteiger partial charge < -0.3 is 9.73 Å². The maximum atomic E-state index is 12.8. The van der Waals surface area contributed by atoms with E-state index >= 15 is 0 Å². The number of aromatic nitrogens is 4. The van der Waals surface area contributed by atoms with Gasteiger partial charge in [0, 0.05) is 18.9 Å². The molecule has 23 heavy (non-hydrogen) atoms. The van der Waals surface area contributed by atoms with Crippen molar-refractivity contribution in [2.75, 3.05) is 0 Å². The van der Waals surface area contributed by atoms with Gasteiger partial charge in [-0.2, -0.15) is 0 Å². The number of benzene rings is 1. The van der Waals surface area contributed by atoms with Crippen LogP contribution < -0.4 is 5.32 Å². The second kappa shape index (κ2) is 6.73. The standard InChI is InChI=1S/C15H12FN5O2/c16-11-3-1-10(2-4-11)8-19-13(22)7-14-20-21-15(23-14)12-9-17-5-6-18-12/h1-6,9H,7-8H2,(H,19,22). The molecule has 116 valence electrons. The molecule has 0 atom stereocenters. The third kappa shape index (κ3) is 3.94. The molecule has 7 nitrogen and oxygen atoms in total. The van der Waals surface area contributed by atoms with E-state index in [2.05, 4.69) is 25.5 Å². The van der Waals surface area contributed by atoms with Crippen LogP contribution in [0.15, 0.2) is 47.3 Å². The van der Waals surface area contributed by atoms with Crippen molar-refractivity contribution in [1.29, 1.82) is 0 Å². The molecule has 0 unspecified atom stereocenters. The molecule has 1 amide bonds. The molecule has 0 aliphatic rings. The fourth-order valence-electron chi connectivity index (χ4n) is 1.84. The largest absolute Gasteiger partial charge is 0.419 e. The van der Waals surface area contributed by atoms with Crippen molar-refractivity contribution in [2.45, 2.75) is 13.0 Å².